The molecule has 0 saturated heterocycles. The van der Waals surface area contributed by atoms with Crippen LogP contribution in [0.25, 0.3) is 11.0 Å². The Balaban J connectivity index is 2.16. The van der Waals surface area contributed by atoms with Crippen LogP contribution in [-0.4, -0.2) is 18.5 Å². The van der Waals surface area contributed by atoms with Gasteiger partial charge in [-0.2, -0.15) is 0 Å². The maximum Gasteiger partial charge on any atom is 0.237 e. The quantitative estimate of drug-likeness (QED) is 0.838. The number of carbonyl (C=O) groups is 1. The summed E-state index contributed by atoms with van der Waals surface area (Å²) in [7, 11) is 0. The van der Waals surface area contributed by atoms with Crippen LogP contribution in [-0.2, 0) is 11.2 Å². The van der Waals surface area contributed by atoms with Crippen molar-refractivity contribution >= 4 is 16.9 Å². The van der Waals surface area contributed by atoms with Crippen LogP contribution in [0.15, 0.2) is 34.9 Å². The Labute approximate surface area is 99.8 Å². The molecular formula is C13H16N2O2. The van der Waals surface area contributed by atoms with Gasteiger partial charge in [0.25, 0.3) is 0 Å². The SMILES string of the molecule is CCNC(=O)C(N)Cc1coc2ccccc12. The molecule has 0 aliphatic carbocycles. The second-order valence-electron chi connectivity index (χ2n) is 3.96. The Morgan fingerprint density at radius 3 is 3.00 bits per heavy atom. The molecule has 0 fully saturated rings. The van der Waals surface area contributed by atoms with Crippen LogP contribution >= 0.6 is 0 Å². The molecule has 1 aromatic carbocycles. The fourth-order valence-electron chi connectivity index (χ4n) is 1.83. The summed E-state index contributed by atoms with van der Waals surface area (Å²) < 4.78 is 5.40. The highest BCUT2D eigenvalue weighted by molar-refractivity contribution is 5.84. The molecule has 1 heterocycles. The average Bonchev–Trinajstić information content (AvgIpc) is 2.73. The first kappa shape index (κ1) is 11.7. The van der Waals surface area contributed by atoms with Gasteiger partial charge in [-0.1, -0.05) is 18.2 Å². The van der Waals surface area contributed by atoms with Gasteiger partial charge in [0.1, 0.15) is 5.58 Å². The Morgan fingerprint density at radius 1 is 1.47 bits per heavy atom. The minimum Gasteiger partial charge on any atom is -0.464 e. The van der Waals surface area contributed by atoms with E-state index in [-0.39, 0.29) is 5.91 Å². The van der Waals surface area contributed by atoms with Crippen LogP contribution in [0.5, 0.6) is 0 Å². The molecule has 1 unspecified atom stereocenters. The number of rotatable bonds is 4. The van der Waals surface area contributed by atoms with Gasteiger partial charge in [0.15, 0.2) is 0 Å². The van der Waals surface area contributed by atoms with E-state index in [0.29, 0.717) is 13.0 Å². The number of likely N-dealkylation sites (N-methyl/N-ethyl adjacent to an activating group) is 1. The predicted molar refractivity (Wildman–Crippen MR) is 66.6 cm³/mol. The third-order valence-electron chi connectivity index (χ3n) is 2.69. The highest BCUT2D eigenvalue weighted by Crippen LogP contribution is 2.21. The Kier molecular flexibility index (Phi) is 3.44. The van der Waals surface area contributed by atoms with Gasteiger partial charge in [0.05, 0.1) is 12.3 Å². The number of hydrogen-bond acceptors (Lipinski definition) is 3. The molecule has 4 heteroatoms. The molecule has 90 valence electrons. The van der Waals surface area contributed by atoms with Crippen LogP contribution in [0.1, 0.15) is 12.5 Å². The number of nitrogens with two attached hydrogens (primary N) is 1. The summed E-state index contributed by atoms with van der Waals surface area (Å²) in [5, 5.41) is 3.73. The lowest BCUT2D eigenvalue weighted by Crippen LogP contribution is -2.41. The zero-order valence-corrected chi connectivity index (χ0v) is 9.77. The first-order valence-electron chi connectivity index (χ1n) is 5.70. The molecule has 0 spiro atoms. The molecule has 1 aromatic heterocycles. The summed E-state index contributed by atoms with van der Waals surface area (Å²) >= 11 is 0. The van der Waals surface area contributed by atoms with Crippen molar-refractivity contribution < 1.29 is 9.21 Å². The molecule has 0 saturated carbocycles. The zero-order chi connectivity index (χ0) is 12.3. The van der Waals surface area contributed by atoms with Crippen molar-refractivity contribution in [3.63, 3.8) is 0 Å². The van der Waals surface area contributed by atoms with Gasteiger partial charge in [-0.15, -0.1) is 0 Å². The largest absolute Gasteiger partial charge is 0.464 e. The van der Waals surface area contributed by atoms with Gasteiger partial charge < -0.3 is 15.5 Å². The standard InChI is InChI=1S/C13H16N2O2/c1-2-15-13(16)11(14)7-9-8-17-12-6-4-3-5-10(9)12/h3-6,8,11H,2,7,14H2,1H3,(H,15,16). The van der Waals surface area contributed by atoms with Crippen molar-refractivity contribution in [1.82, 2.24) is 5.32 Å². The number of nitrogens with one attached hydrogen (secondary N) is 1. The fraction of sp³-hybridized carbons (Fsp3) is 0.308. The molecule has 17 heavy (non-hydrogen) atoms. The Bertz CT molecular complexity index is 519. The van der Waals surface area contributed by atoms with E-state index in [1.807, 2.05) is 31.2 Å². The van der Waals surface area contributed by atoms with E-state index < -0.39 is 6.04 Å². The molecule has 1 atom stereocenters. The first-order valence-corrected chi connectivity index (χ1v) is 5.70. The zero-order valence-electron chi connectivity index (χ0n) is 9.77. The second-order valence-corrected chi connectivity index (χ2v) is 3.96. The van der Waals surface area contributed by atoms with E-state index in [9.17, 15) is 4.79 Å². The second kappa shape index (κ2) is 5.01. The minimum absolute atomic E-state index is 0.127. The van der Waals surface area contributed by atoms with Gasteiger partial charge in [0.2, 0.25) is 5.91 Å². The average molecular weight is 232 g/mol. The summed E-state index contributed by atoms with van der Waals surface area (Å²) in [5.74, 6) is -0.127. The number of carbonyl (C=O) groups excluding carboxylic acids is 1. The third kappa shape index (κ3) is 2.47. The van der Waals surface area contributed by atoms with Crippen molar-refractivity contribution in [2.75, 3.05) is 6.54 Å². The fourth-order valence-corrected chi connectivity index (χ4v) is 1.83. The molecule has 3 N–H and O–H groups in total. The van der Waals surface area contributed by atoms with E-state index in [4.69, 9.17) is 10.2 Å². The lowest BCUT2D eigenvalue weighted by atomic mass is 10.1. The minimum atomic E-state index is -0.532. The van der Waals surface area contributed by atoms with Gasteiger partial charge >= 0.3 is 0 Å². The van der Waals surface area contributed by atoms with Crippen molar-refractivity contribution in [1.29, 1.82) is 0 Å². The molecule has 0 radical (unpaired) electrons. The van der Waals surface area contributed by atoms with Crippen LogP contribution in [0.4, 0.5) is 0 Å². The molecule has 0 bridgehead atoms. The molecule has 0 aliphatic rings. The summed E-state index contributed by atoms with van der Waals surface area (Å²) in [4.78, 5) is 11.5. The van der Waals surface area contributed by atoms with E-state index in [1.165, 1.54) is 0 Å². The Hall–Kier alpha value is -1.81. The highest BCUT2D eigenvalue weighted by Gasteiger charge is 2.15. The molecule has 1 amide bonds. The summed E-state index contributed by atoms with van der Waals surface area (Å²) in [6, 6.07) is 7.20. The van der Waals surface area contributed by atoms with Gasteiger partial charge in [0, 0.05) is 23.9 Å². The number of furan rings is 1. The Morgan fingerprint density at radius 2 is 2.24 bits per heavy atom. The van der Waals surface area contributed by atoms with E-state index in [2.05, 4.69) is 5.32 Å². The topological polar surface area (TPSA) is 68.3 Å². The molecule has 2 rings (SSSR count). The monoisotopic (exact) mass is 232 g/mol. The van der Waals surface area contributed by atoms with Crippen molar-refractivity contribution in [3.8, 4) is 0 Å². The lowest BCUT2D eigenvalue weighted by molar-refractivity contribution is -0.122. The van der Waals surface area contributed by atoms with Crippen LogP contribution in [0.2, 0.25) is 0 Å². The summed E-state index contributed by atoms with van der Waals surface area (Å²) in [6.45, 7) is 2.47. The van der Waals surface area contributed by atoms with Crippen LogP contribution < -0.4 is 11.1 Å². The number of hydrogen-bond donors (Lipinski definition) is 2. The van der Waals surface area contributed by atoms with Crippen LogP contribution in [0.3, 0.4) is 0 Å². The number of amides is 1. The maximum atomic E-state index is 11.5. The van der Waals surface area contributed by atoms with Crippen LogP contribution in [0, 0.1) is 0 Å². The number of fused-ring (bicyclic) bond motifs is 1. The normalized spacial score (nSPS) is 12.6. The van der Waals surface area contributed by atoms with E-state index >= 15 is 0 Å². The predicted octanol–water partition coefficient (Wildman–Crippen LogP) is 1.44. The lowest BCUT2D eigenvalue weighted by Gasteiger charge is -2.09. The van der Waals surface area contributed by atoms with Gasteiger partial charge in [-0.05, 0) is 13.0 Å². The molecule has 2 aromatic rings. The van der Waals surface area contributed by atoms with Gasteiger partial charge in [-0.25, -0.2) is 0 Å². The van der Waals surface area contributed by atoms with Crippen molar-refractivity contribution in [3.05, 3.63) is 36.1 Å². The molecular weight excluding hydrogens is 216 g/mol. The van der Waals surface area contributed by atoms with E-state index in [1.54, 1.807) is 6.26 Å². The smallest absolute Gasteiger partial charge is 0.237 e. The van der Waals surface area contributed by atoms with Crippen molar-refractivity contribution in [2.24, 2.45) is 5.73 Å². The summed E-state index contributed by atoms with van der Waals surface area (Å²) in [5.41, 5.74) is 7.63. The number of para-hydroxylation sites is 1. The molecule has 4 nitrogen and oxygen atoms in total. The third-order valence-corrected chi connectivity index (χ3v) is 2.69. The maximum absolute atomic E-state index is 11.5. The van der Waals surface area contributed by atoms with Gasteiger partial charge in [-0.3, -0.25) is 4.79 Å². The van der Waals surface area contributed by atoms with E-state index in [0.717, 1.165) is 16.5 Å². The highest BCUT2D eigenvalue weighted by atomic mass is 16.3. The number of benzene rings is 1. The van der Waals surface area contributed by atoms with Crippen molar-refractivity contribution in [2.45, 2.75) is 19.4 Å². The first-order chi connectivity index (χ1) is 8.22. The summed E-state index contributed by atoms with van der Waals surface area (Å²) in [6.07, 6.45) is 2.16. The molecule has 0 aliphatic heterocycles.